The number of rotatable bonds is 22. The molecule has 230 valence electrons. The third kappa shape index (κ3) is 29.3. The Morgan fingerprint density at radius 2 is 1.36 bits per heavy atom. The van der Waals surface area contributed by atoms with Gasteiger partial charge in [-0.05, 0) is 56.8 Å². The molecule has 0 aliphatic rings. The molecule has 0 bridgehead atoms. The summed E-state index contributed by atoms with van der Waals surface area (Å²) in [5, 5.41) is 14.1. The van der Waals surface area contributed by atoms with Crippen molar-refractivity contribution in [2.75, 3.05) is 11.5 Å². The zero-order valence-corrected chi connectivity index (χ0v) is 27.5. The first-order valence-corrected chi connectivity index (χ1v) is 16.4. The van der Waals surface area contributed by atoms with E-state index in [1.54, 1.807) is 6.92 Å². The summed E-state index contributed by atoms with van der Waals surface area (Å²) in [6, 6.07) is -0.484. The van der Waals surface area contributed by atoms with Gasteiger partial charge >= 0.3 is 5.97 Å². The molecule has 0 saturated heterocycles. The summed E-state index contributed by atoms with van der Waals surface area (Å²) in [6.45, 7) is 19.4. The Morgan fingerprint density at radius 1 is 0.821 bits per heavy atom. The van der Waals surface area contributed by atoms with Gasteiger partial charge in [-0.25, -0.2) is 4.79 Å². The van der Waals surface area contributed by atoms with Gasteiger partial charge in [0.25, 0.3) is 0 Å². The molecule has 0 aromatic carbocycles. The van der Waals surface area contributed by atoms with Crippen molar-refractivity contribution in [2.45, 2.75) is 139 Å². The highest BCUT2D eigenvalue weighted by Gasteiger charge is 2.15. The van der Waals surface area contributed by atoms with Crippen LogP contribution in [-0.2, 0) is 14.4 Å². The van der Waals surface area contributed by atoms with Gasteiger partial charge in [-0.2, -0.15) is 11.8 Å². The fraction of sp³-hybridized carbons (Fsp3) is 0.844. The quantitative estimate of drug-likeness (QED) is 0.0699. The van der Waals surface area contributed by atoms with Gasteiger partial charge in [0.05, 0.1) is 0 Å². The highest BCUT2D eigenvalue weighted by Crippen LogP contribution is 2.22. The summed E-state index contributed by atoms with van der Waals surface area (Å²) >= 11 is 1.54. The first-order chi connectivity index (χ1) is 18.3. The van der Waals surface area contributed by atoms with Gasteiger partial charge < -0.3 is 15.7 Å². The number of carboxylic acids is 1. The monoisotopic (exact) mass is 570 g/mol. The predicted molar refractivity (Wildman–Crippen MR) is 169 cm³/mol. The predicted octanol–water partition coefficient (Wildman–Crippen LogP) is 7.86. The lowest BCUT2D eigenvalue weighted by Gasteiger charge is -2.15. The van der Waals surface area contributed by atoms with Crippen LogP contribution in [0.25, 0.3) is 0 Å². The molecule has 0 aromatic rings. The Labute approximate surface area is 245 Å². The molecule has 0 spiro atoms. The number of thioether (sulfide) groups is 1. The molecule has 0 radical (unpaired) electrons. The van der Waals surface area contributed by atoms with Crippen LogP contribution in [0.4, 0.5) is 0 Å². The van der Waals surface area contributed by atoms with Crippen molar-refractivity contribution in [1.29, 1.82) is 0 Å². The Kier molecular flexibility index (Phi) is 25.9. The van der Waals surface area contributed by atoms with Crippen molar-refractivity contribution in [2.24, 2.45) is 23.7 Å². The molecule has 0 heterocycles. The van der Waals surface area contributed by atoms with Gasteiger partial charge in [-0.15, -0.1) is 0 Å². The molecule has 0 aromatic heterocycles. The van der Waals surface area contributed by atoms with E-state index >= 15 is 0 Å². The molecule has 4 unspecified atom stereocenters. The molecule has 0 rings (SSSR count). The number of carbonyl (C=O) groups is 3. The zero-order valence-electron chi connectivity index (χ0n) is 26.7. The Balaban J connectivity index is 0. The highest BCUT2D eigenvalue weighted by molar-refractivity contribution is 7.99. The lowest BCUT2D eigenvalue weighted by molar-refractivity contribution is -0.139. The van der Waals surface area contributed by atoms with Crippen LogP contribution in [0.15, 0.2) is 11.6 Å². The number of aliphatic carboxylic acids is 1. The first-order valence-electron chi connectivity index (χ1n) is 15.2. The molecule has 39 heavy (non-hydrogen) atoms. The van der Waals surface area contributed by atoms with Crippen LogP contribution < -0.4 is 10.6 Å². The van der Waals surface area contributed by atoms with E-state index in [2.05, 4.69) is 65.2 Å². The number of amides is 2. The van der Waals surface area contributed by atoms with Crippen molar-refractivity contribution in [3.8, 4) is 0 Å². The van der Waals surface area contributed by atoms with Crippen molar-refractivity contribution < 1.29 is 19.5 Å². The number of hydrogen-bond acceptors (Lipinski definition) is 4. The van der Waals surface area contributed by atoms with Crippen molar-refractivity contribution in [3.63, 3.8) is 0 Å². The maximum atomic E-state index is 11.0. The Morgan fingerprint density at radius 3 is 1.82 bits per heavy atom. The molecule has 7 heteroatoms. The van der Waals surface area contributed by atoms with Crippen molar-refractivity contribution >= 4 is 30.0 Å². The Bertz CT molecular complexity index is 667. The summed E-state index contributed by atoms with van der Waals surface area (Å²) < 4.78 is 0. The molecule has 0 aliphatic carbocycles. The molecule has 3 N–H and O–H groups in total. The minimum Gasteiger partial charge on any atom is -0.480 e. The second-order valence-corrected chi connectivity index (χ2v) is 13.4. The van der Waals surface area contributed by atoms with E-state index in [4.69, 9.17) is 5.11 Å². The van der Waals surface area contributed by atoms with Crippen LogP contribution in [0.1, 0.15) is 127 Å². The normalized spacial score (nSPS) is 14.7. The summed E-state index contributed by atoms with van der Waals surface area (Å²) in [4.78, 5) is 31.9. The van der Waals surface area contributed by atoms with E-state index in [1.165, 1.54) is 68.7 Å². The summed E-state index contributed by atoms with van der Waals surface area (Å²) in [7, 11) is 0. The molecule has 0 saturated carbocycles. The van der Waals surface area contributed by atoms with Crippen molar-refractivity contribution in [3.05, 3.63) is 11.6 Å². The molecule has 4 atom stereocenters. The molecular formula is C32H62N2O4S. The van der Waals surface area contributed by atoms with E-state index in [-0.39, 0.29) is 5.91 Å². The van der Waals surface area contributed by atoms with Gasteiger partial charge in [0.1, 0.15) is 6.04 Å². The van der Waals surface area contributed by atoms with E-state index in [0.29, 0.717) is 24.1 Å². The van der Waals surface area contributed by atoms with E-state index in [0.717, 1.165) is 36.3 Å². The number of nitrogens with one attached hydrogen (secondary N) is 2. The van der Waals surface area contributed by atoms with Gasteiger partial charge in [0.15, 0.2) is 0 Å². The average molecular weight is 571 g/mol. The average Bonchev–Trinajstić information content (AvgIpc) is 2.80. The van der Waals surface area contributed by atoms with Crippen LogP contribution >= 0.6 is 11.8 Å². The lowest BCUT2D eigenvalue weighted by Crippen LogP contribution is -2.37. The van der Waals surface area contributed by atoms with Gasteiger partial charge in [-0.1, -0.05) is 98.1 Å². The fourth-order valence-electron chi connectivity index (χ4n) is 4.58. The zero-order chi connectivity index (χ0) is 30.2. The van der Waals surface area contributed by atoms with Gasteiger partial charge in [0, 0.05) is 24.5 Å². The molecule has 0 fully saturated rings. The van der Waals surface area contributed by atoms with Gasteiger partial charge in [-0.3, -0.25) is 9.59 Å². The van der Waals surface area contributed by atoms with Crippen LogP contribution in [0.3, 0.4) is 0 Å². The fourth-order valence-corrected chi connectivity index (χ4v) is 5.60. The standard InChI is InChI=1S/C24H45NO3S.C8H17NO/c1-19(2)9-6-10-20(3)11-7-12-21(4)13-8-14-22(5)15-16-29-17-23(24(27)28)25-18-26;1-6(2)5-7(3)9-8(4)10/h15,18-21,23H,6-14,16-17H2,1-5H3,(H,25,26)(H,27,28);6-7H,5H2,1-4H3,(H,9,10)/b22-15+;. The molecule has 2 amide bonds. The second-order valence-electron chi connectivity index (χ2n) is 12.4. The Hall–Kier alpha value is -1.50. The summed E-state index contributed by atoms with van der Waals surface area (Å²) in [5.41, 5.74) is 1.37. The minimum atomic E-state index is -0.982. The van der Waals surface area contributed by atoms with Crippen LogP contribution in [-0.4, -0.2) is 47.0 Å². The third-order valence-corrected chi connectivity index (χ3v) is 7.79. The highest BCUT2D eigenvalue weighted by atomic mass is 32.2. The van der Waals surface area contributed by atoms with E-state index < -0.39 is 12.0 Å². The van der Waals surface area contributed by atoms with Crippen LogP contribution in [0.2, 0.25) is 0 Å². The SMILES string of the molecule is C/C(=C\CSCC(NC=O)C(=O)O)CCCC(C)CCCC(C)CCCC(C)C.CC(=O)NC(C)CC(C)C. The number of hydrogen-bond donors (Lipinski definition) is 3. The van der Waals surface area contributed by atoms with Crippen LogP contribution in [0, 0.1) is 23.7 Å². The summed E-state index contributed by atoms with van der Waals surface area (Å²) in [5.74, 6) is 3.42. The molecule has 6 nitrogen and oxygen atoms in total. The molecular weight excluding hydrogens is 508 g/mol. The summed E-state index contributed by atoms with van der Waals surface area (Å²) in [6.07, 6.45) is 15.5. The number of carboxylic acid groups (broad SMARTS) is 1. The minimum absolute atomic E-state index is 0.0631. The third-order valence-electron chi connectivity index (χ3n) is 6.82. The first kappa shape index (κ1) is 39.6. The molecule has 0 aliphatic heterocycles. The van der Waals surface area contributed by atoms with E-state index in [1.807, 2.05) is 6.92 Å². The van der Waals surface area contributed by atoms with Gasteiger partial charge in [0.2, 0.25) is 12.3 Å². The number of allylic oxidation sites excluding steroid dienone is 1. The smallest absolute Gasteiger partial charge is 0.327 e. The number of carbonyl (C=O) groups excluding carboxylic acids is 2. The maximum Gasteiger partial charge on any atom is 0.327 e. The maximum absolute atomic E-state index is 11.0. The van der Waals surface area contributed by atoms with Crippen LogP contribution in [0.5, 0.6) is 0 Å². The van der Waals surface area contributed by atoms with E-state index in [9.17, 15) is 14.4 Å². The van der Waals surface area contributed by atoms with Crippen molar-refractivity contribution in [1.82, 2.24) is 10.6 Å². The lowest BCUT2D eigenvalue weighted by atomic mass is 9.91. The topological polar surface area (TPSA) is 95.5 Å². The largest absolute Gasteiger partial charge is 0.480 e. The second kappa shape index (κ2) is 25.5.